The first-order valence-electron chi connectivity index (χ1n) is 7.91. The number of nitrogens with one attached hydrogen (secondary N) is 1. The van der Waals surface area contributed by atoms with E-state index < -0.39 is 0 Å². The van der Waals surface area contributed by atoms with Crippen LogP contribution in [0, 0.1) is 0 Å². The van der Waals surface area contributed by atoms with Gasteiger partial charge in [-0.1, -0.05) is 49.7 Å². The van der Waals surface area contributed by atoms with Crippen LogP contribution in [0.5, 0.6) is 5.75 Å². The van der Waals surface area contributed by atoms with Crippen LogP contribution in [-0.4, -0.2) is 19.1 Å². The first-order valence-corrected chi connectivity index (χ1v) is 8.70. The molecule has 0 fully saturated rings. The molecule has 0 aliphatic heterocycles. The van der Waals surface area contributed by atoms with Crippen molar-refractivity contribution in [2.24, 2.45) is 0 Å². The molecular weight excluding hydrogens is 354 g/mol. The molecule has 0 spiro atoms. The van der Waals surface area contributed by atoms with Gasteiger partial charge in [0.25, 0.3) is 5.91 Å². The minimum atomic E-state index is -0.106. The van der Waals surface area contributed by atoms with Crippen LogP contribution in [0.1, 0.15) is 24.5 Å². The van der Waals surface area contributed by atoms with E-state index in [-0.39, 0.29) is 12.5 Å². The van der Waals surface area contributed by atoms with E-state index in [1.807, 2.05) is 36.4 Å². The second-order valence-corrected chi connectivity index (χ2v) is 6.24. The quantitative estimate of drug-likeness (QED) is 0.752. The summed E-state index contributed by atoms with van der Waals surface area (Å²) in [5, 5.41) is 2.87. The van der Waals surface area contributed by atoms with Gasteiger partial charge in [-0.05, 0) is 52.0 Å². The number of carbonyl (C=O) groups excluding carboxylic acids is 1. The molecular formula is C19H22BrNO2. The molecule has 0 bridgehead atoms. The zero-order valence-electron chi connectivity index (χ0n) is 13.3. The van der Waals surface area contributed by atoms with Crippen molar-refractivity contribution in [3.63, 3.8) is 0 Å². The Labute approximate surface area is 146 Å². The van der Waals surface area contributed by atoms with Gasteiger partial charge in [0.1, 0.15) is 5.75 Å². The van der Waals surface area contributed by atoms with Crippen LogP contribution < -0.4 is 10.1 Å². The maximum absolute atomic E-state index is 11.8. The lowest BCUT2D eigenvalue weighted by atomic mass is 10.1. The summed E-state index contributed by atoms with van der Waals surface area (Å²) in [6, 6.07) is 16.1. The molecule has 0 unspecified atom stereocenters. The third kappa shape index (κ3) is 6.06. The number of ether oxygens (including phenoxy) is 1. The summed E-state index contributed by atoms with van der Waals surface area (Å²) < 4.78 is 6.46. The van der Waals surface area contributed by atoms with Crippen molar-refractivity contribution in [3.05, 3.63) is 64.1 Å². The maximum Gasteiger partial charge on any atom is 0.257 e. The number of amides is 1. The van der Waals surface area contributed by atoms with Crippen LogP contribution in [0.25, 0.3) is 0 Å². The Hall–Kier alpha value is -1.81. The molecule has 0 radical (unpaired) electrons. The van der Waals surface area contributed by atoms with Crippen molar-refractivity contribution >= 4 is 21.8 Å². The van der Waals surface area contributed by atoms with Crippen molar-refractivity contribution in [1.82, 2.24) is 5.32 Å². The van der Waals surface area contributed by atoms with E-state index in [1.165, 1.54) is 11.1 Å². The molecule has 1 N–H and O–H groups in total. The zero-order valence-corrected chi connectivity index (χ0v) is 14.9. The van der Waals surface area contributed by atoms with Gasteiger partial charge in [-0.2, -0.15) is 0 Å². The molecule has 0 saturated carbocycles. The van der Waals surface area contributed by atoms with Gasteiger partial charge in [0, 0.05) is 6.54 Å². The third-order valence-corrected chi connectivity index (χ3v) is 4.09. The average molecular weight is 376 g/mol. The van der Waals surface area contributed by atoms with Gasteiger partial charge < -0.3 is 10.1 Å². The highest BCUT2D eigenvalue weighted by Crippen LogP contribution is 2.26. The number of aryl methyl sites for hydroxylation is 1. The fourth-order valence-corrected chi connectivity index (χ4v) is 2.83. The van der Waals surface area contributed by atoms with E-state index in [4.69, 9.17) is 4.74 Å². The first-order chi connectivity index (χ1) is 11.2. The zero-order chi connectivity index (χ0) is 16.5. The Morgan fingerprint density at radius 2 is 1.87 bits per heavy atom. The summed E-state index contributed by atoms with van der Waals surface area (Å²) in [6.45, 7) is 2.79. The number of benzene rings is 2. The minimum Gasteiger partial charge on any atom is -0.483 e. The van der Waals surface area contributed by atoms with Crippen LogP contribution in [-0.2, 0) is 17.6 Å². The third-order valence-electron chi connectivity index (χ3n) is 3.47. The van der Waals surface area contributed by atoms with Crippen molar-refractivity contribution < 1.29 is 9.53 Å². The highest BCUT2D eigenvalue weighted by atomic mass is 79.9. The van der Waals surface area contributed by atoms with Crippen LogP contribution >= 0.6 is 15.9 Å². The molecule has 2 aromatic rings. The van der Waals surface area contributed by atoms with Gasteiger partial charge in [-0.3, -0.25) is 4.79 Å². The number of carbonyl (C=O) groups is 1. The average Bonchev–Trinajstić information content (AvgIpc) is 2.55. The SMILES string of the molecule is CCCc1ccc(OCC(=O)NCCc2ccccc2)c(Br)c1. The molecule has 2 aromatic carbocycles. The van der Waals surface area contributed by atoms with Gasteiger partial charge in [0.2, 0.25) is 0 Å². The highest BCUT2D eigenvalue weighted by Gasteiger charge is 2.06. The molecule has 4 heteroatoms. The van der Waals surface area contributed by atoms with Crippen LogP contribution in [0.4, 0.5) is 0 Å². The highest BCUT2D eigenvalue weighted by molar-refractivity contribution is 9.10. The number of halogens is 1. The molecule has 0 aliphatic rings. The lowest BCUT2D eigenvalue weighted by Gasteiger charge is -2.10. The van der Waals surface area contributed by atoms with Gasteiger partial charge in [-0.25, -0.2) is 0 Å². The Bertz CT molecular complexity index is 629. The largest absolute Gasteiger partial charge is 0.483 e. The summed E-state index contributed by atoms with van der Waals surface area (Å²) in [7, 11) is 0. The number of hydrogen-bond acceptors (Lipinski definition) is 2. The molecule has 0 saturated heterocycles. The van der Waals surface area contributed by atoms with Crippen molar-refractivity contribution in [2.45, 2.75) is 26.2 Å². The summed E-state index contributed by atoms with van der Waals surface area (Å²) in [5.74, 6) is 0.591. The second kappa shape index (κ2) is 9.36. The van der Waals surface area contributed by atoms with Crippen LogP contribution in [0.15, 0.2) is 53.0 Å². The fraction of sp³-hybridized carbons (Fsp3) is 0.316. The number of hydrogen-bond donors (Lipinski definition) is 1. The van der Waals surface area contributed by atoms with Crippen molar-refractivity contribution in [3.8, 4) is 5.75 Å². The van der Waals surface area contributed by atoms with Gasteiger partial charge in [0.15, 0.2) is 6.61 Å². The summed E-state index contributed by atoms with van der Waals surface area (Å²) in [6.07, 6.45) is 2.97. The minimum absolute atomic E-state index is 0.0283. The fourth-order valence-electron chi connectivity index (χ4n) is 2.29. The smallest absolute Gasteiger partial charge is 0.257 e. The molecule has 122 valence electrons. The van der Waals surface area contributed by atoms with E-state index >= 15 is 0 Å². The molecule has 0 heterocycles. The molecule has 2 rings (SSSR count). The molecule has 0 aliphatic carbocycles. The van der Waals surface area contributed by atoms with Crippen molar-refractivity contribution in [2.75, 3.05) is 13.2 Å². The van der Waals surface area contributed by atoms with E-state index in [0.717, 1.165) is 23.7 Å². The van der Waals surface area contributed by atoms with Crippen LogP contribution in [0.3, 0.4) is 0 Å². The lowest BCUT2D eigenvalue weighted by molar-refractivity contribution is -0.123. The lowest BCUT2D eigenvalue weighted by Crippen LogP contribution is -2.30. The summed E-state index contributed by atoms with van der Waals surface area (Å²) in [5.41, 5.74) is 2.47. The molecule has 3 nitrogen and oxygen atoms in total. The Morgan fingerprint density at radius 1 is 1.09 bits per heavy atom. The predicted octanol–water partition coefficient (Wildman–Crippen LogP) is 4.14. The normalized spacial score (nSPS) is 10.3. The monoisotopic (exact) mass is 375 g/mol. The summed E-state index contributed by atoms with van der Waals surface area (Å²) >= 11 is 3.49. The second-order valence-electron chi connectivity index (χ2n) is 5.39. The summed E-state index contributed by atoms with van der Waals surface area (Å²) in [4.78, 5) is 11.8. The molecule has 1 amide bonds. The predicted molar refractivity (Wildman–Crippen MR) is 96.8 cm³/mol. The van der Waals surface area contributed by atoms with Gasteiger partial charge in [0.05, 0.1) is 4.47 Å². The van der Waals surface area contributed by atoms with Crippen molar-refractivity contribution in [1.29, 1.82) is 0 Å². The number of rotatable bonds is 8. The van der Waals surface area contributed by atoms with Crippen LogP contribution in [0.2, 0.25) is 0 Å². The van der Waals surface area contributed by atoms with E-state index in [1.54, 1.807) is 0 Å². The maximum atomic E-state index is 11.8. The standard InChI is InChI=1S/C19H22BrNO2/c1-2-6-16-9-10-18(17(20)13-16)23-14-19(22)21-12-11-15-7-4-3-5-8-15/h3-5,7-10,13H,2,6,11-12,14H2,1H3,(H,21,22). The van der Waals surface area contributed by atoms with Gasteiger partial charge >= 0.3 is 0 Å². The Kier molecular flexibility index (Phi) is 7.14. The Balaban J connectivity index is 1.74. The first kappa shape index (κ1) is 17.5. The molecule has 23 heavy (non-hydrogen) atoms. The van der Waals surface area contributed by atoms with E-state index in [0.29, 0.717) is 12.3 Å². The molecule has 0 atom stereocenters. The van der Waals surface area contributed by atoms with E-state index in [2.05, 4.69) is 40.3 Å². The van der Waals surface area contributed by atoms with Gasteiger partial charge in [-0.15, -0.1) is 0 Å². The topological polar surface area (TPSA) is 38.3 Å². The van der Waals surface area contributed by atoms with E-state index in [9.17, 15) is 4.79 Å². The molecule has 0 aromatic heterocycles. The Morgan fingerprint density at radius 3 is 2.57 bits per heavy atom.